The third kappa shape index (κ3) is 3.32. The number of ether oxygens (including phenoxy) is 2. The molecule has 11 heteroatoms. The number of anilines is 1. The Hall–Kier alpha value is -2.98. The molecular weight excluding hydrogens is 401 g/mol. The molecule has 0 bridgehead atoms. The van der Waals surface area contributed by atoms with Crippen LogP contribution >= 0.6 is 11.6 Å². The number of fused-ring (bicyclic) bond motifs is 1. The van der Waals surface area contributed by atoms with Crippen molar-refractivity contribution in [3.05, 3.63) is 51.3 Å². The number of aromatic nitrogens is 2. The second kappa shape index (κ2) is 7.21. The van der Waals surface area contributed by atoms with Crippen molar-refractivity contribution < 1.29 is 22.6 Å². The van der Waals surface area contributed by atoms with E-state index >= 15 is 0 Å². The summed E-state index contributed by atoms with van der Waals surface area (Å²) in [4.78, 5) is 17.3. The quantitative estimate of drug-likeness (QED) is 0.502. The lowest BCUT2D eigenvalue weighted by Crippen LogP contribution is -2.26. The molecule has 0 radical (unpaired) electrons. The molecule has 0 atom stereocenters. The van der Waals surface area contributed by atoms with Gasteiger partial charge in [-0.1, -0.05) is 11.6 Å². The average Bonchev–Trinajstić information content (AvgIpc) is 2.65. The number of alkyl halides is 3. The summed E-state index contributed by atoms with van der Waals surface area (Å²) in [6, 6.07) is 5.81. The Morgan fingerprint density at radius 2 is 1.79 bits per heavy atom. The van der Waals surface area contributed by atoms with Gasteiger partial charge in [-0.2, -0.15) is 13.2 Å². The predicted octanol–water partition coefficient (Wildman–Crippen LogP) is 3.36. The van der Waals surface area contributed by atoms with Crippen LogP contribution in [0.2, 0.25) is 5.02 Å². The Labute approximate surface area is 161 Å². The highest BCUT2D eigenvalue weighted by Gasteiger charge is 2.33. The average molecular weight is 415 g/mol. The van der Waals surface area contributed by atoms with Crippen LogP contribution in [0.5, 0.6) is 11.5 Å². The molecule has 0 spiro atoms. The van der Waals surface area contributed by atoms with Gasteiger partial charge in [0.15, 0.2) is 11.5 Å². The molecule has 3 N–H and O–H groups in total. The standard InChI is InChI=1S/C17H14ClF3N4O3/c1-27-13-6-9-12(7-14(13)28-2)23-16(24-22)25(15(9)26)8-3-4-10(11(18)5-8)17(19,20)21/h3-7H,22H2,1-2H3,(H,23,24). The minimum absolute atomic E-state index is 0.0557. The van der Waals surface area contributed by atoms with Gasteiger partial charge < -0.3 is 9.47 Å². The van der Waals surface area contributed by atoms with Crippen LogP contribution in [0.1, 0.15) is 5.56 Å². The molecule has 0 aliphatic carbocycles. The van der Waals surface area contributed by atoms with Crippen molar-refractivity contribution in [2.45, 2.75) is 6.18 Å². The molecule has 0 unspecified atom stereocenters. The number of rotatable bonds is 4. The highest BCUT2D eigenvalue weighted by molar-refractivity contribution is 6.31. The SMILES string of the molecule is COc1cc2nc(NN)n(-c3ccc(C(F)(F)F)c(Cl)c3)c(=O)c2cc1OC. The number of hydrogen-bond acceptors (Lipinski definition) is 6. The summed E-state index contributed by atoms with van der Waals surface area (Å²) in [6.07, 6.45) is -4.62. The van der Waals surface area contributed by atoms with Crippen LogP contribution in [0.15, 0.2) is 35.1 Å². The zero-order valence-corrected chi connectivity index (χ0v) is 15.4. The van der Waals surface area contributed by atoms with E-state index in [1.165, 1.54) is 26.4 Å². The topological polar surface area (TPSA) is 91.4 Å². The Kier molecular flexibility index (Phi) is 5.09. The maximum atomic E-state index is 13.0. The molecule has 148 valence electrons. The van der Waals surface area contributed by atoms with E-state index in [2.05, 4.69) is 10.4 Å². The maximum absolute atomic E-state index is 13.0. The Morgan fingerprint density at radius 1 is 1.14 bits per heavy atom. The predicted molar refractivity (Wildman–Crippen MR) is 98.3 cm³/mol. The van der Waals surface area contributed by atoms with Crippen molar-refractivity contribution in [3.63, 3.8) is 0 Å². The summed E-state index contributed by atoms with van der Waals surface area (Å²) in [5.41, 5.74) is 0.974. The smallest absolute Gasteiger partial charge is 0.417 e. The molecule has 0 aliphatic heterocycles. The lowest BCUT2D eigenvalue weighted by atomic mass is 10.2. The van der Waals surface area contributed by atoms with Crippen molar-refractivity contribution in [2.24, 2.45) is 5.84 Å². The van der Waals surface area contributed by atoms with Crippen LogP contribution in [0, 0.1) is 0 Å². The molecular formula is C17H14ClF3N4O3. The first-order valence-electron chi connectivity index (χ1n) is 7.73. The van der Waals surface area contributed by atoms with Gasteiger partial charge in [-0.15, -0.1) is 0 Å². The van der Waals surface area contributed by atoms with Crippen molar-refractivity contribution in [1.82, 2.24) is 9.55 Å². The van der Waals surface area contributed by atoms with E-state index in [-0.39, 0.29) is 22.5 Å². The lowest BCUT2D eigenvalue weighted by molar-refractivity contribution is -0.137. The van der Waals surface area contributed by atoms with Crippen LogP contribution in [-0.4, -0.2) is 23.8 Å². The van der Waals surface area contributed by atoms with Crippen LogP contribution in [0.25, 0.3) is 16.6 Å². The highest BCUT2D eigenvalue weighted by atomic mass is 35.5. The Bertz CT molecular complexity index is 1120. The zero-order chi connectivity index (χ0) is 20.6. The van der Waals surface area contributed by atoms with Gasteiger partial charge >= 0.3 is 6.18 Å². The minimum atomic E-state index is -4.62. The summed E-state index contributed by atoms with van der Waals surface area (Å²) < 4.78 is 50.2. The fraction of sp³-hybridized carbons (Fsp3) is 0.176. The van der Waals surface area contributed by atoms with Crippen molar-refractivity contribution in [2.75, 3.05) is 19.6 Å². The van der Waals surface area contributed by atoms with E-state index in [0.717, 1.165) is 22.8 Å². The number of nitrogens with two attached hydrogens (primary N) is 1. The molecule has 0 saturated carbocycles. The van der Waals surface area contributed by atoms with Crippen molar-refractivity contribution in [3.8, 4) is 17.2 Å². The van der Waals surface area contributed by atoms with Crippen LogP contribution in [0.4, 0.5) is 19.1 Å². The summed E-state index contributed by atoms with van der Waals surface area (Å²) in [6.45, 7) is 0. The monoisotopic (exact) mass is 414 g/mol. The number of methoxy groups -OCH3 is 2. The van der Waals surface area contributed by atoms with Crippen molar-refractivity contribution in [1.29, 1.82) is 0 Å². The summed E-state index contributed by atoms with van der Waals surface area (Å²) in [7, 11) is 2.83. The Morgan fingerprint density at radius 3 is 2.32 bits per heavy atom. The molecule has 28 heavy (non-hydrogen) atoms. The van der Waals surface area contributed by atoms with Gasteiger partial charge in [-0.05, 0) is 24.3 Å². The van der Waals surface area contributed by atoms with E-state index in [9.17, 15) is 18.0 Å². The normalized spacial score (nSPS) is 11.5. The van der Waals surface area contributed by atoms with Gasteiger partial charge in [0.25, 0.3) is 5.56 Å². The summed E-state index contributed by atoms with van der Waals surface area (Å²) >= 11 is 5.77. The first kappa shape index (κ1) is 19.8. The number of nitrogen functional groups attached to an aromatic ring is 1. The molecule has 0 fully saturated rings. The molecule has 0 amide bonds. The zero-order valence-electron chi connectivity index (χ0n) is 14.6. The highest BCUT2D eigenvalue weighted by Crippen LogP contribution is 2.36. The maximum Gasteiger partial charge on any atom is 0.417 e. The largest absolute Gasteiger partial charge is 0.493 e. The van der Waals surface area contributed by atoms with E-state index in [0.29, 0.717) is 11.5 Å². The third-order valence-corrected chi connectivity index (χ3v) is 4.33. The molecule has 2 aromatic carbocycles. The number of benzene rings is 2. The molecule has 1 aromatic heterocycles. The van der Waals surface area contributed by atoms with Gasteiger partial charge in [0.1, 0.15) is 0 Å². The first-order chi connectivity index (χ1) is 13.2. The number of halogens is 4. The van der Waals surface area contributed by atoms with E-state index in [4.69, 9.17) is 26.9 Å². The van der Waals surface area contributed by atoms with Gasteiger partial charge in [-0.25, -0.2) is 15.4 Å². The Balaban J connectivity index is 2.30. The second-order valence-corrected chi connectivity index (χ2v) is 6.01. The molecule has 3 rings (SSSR count). The van der Waals surface area contributed by atoms with E-state index in [1.807, 2.05) is 0 Å². The summed E-state index contributed by atoms with van der Waals surface area (Å²) in [5.74, 6) is 6.01. The van der Waals surface area contributed by atoms with E-state index in [1.54, 1.807) is 0 Å². The molecule has 1 heterocycles. The number of hydrazine groups is 1. The van der Waals surface area contributed by atoms with Gasteiger partial charge in [0.05, 0.1) is 41.4 Å². The fourth-order valence-corrected chi connectivity index (χ4v) is 3.00. The number of nitrogens with one attached hydrogen (secondary N) is 1. The van der Waals surface area contributed by atoms with Gasteiger partial charge in [0, 0.05) is 6.07 Å². The molecule has 0 saturated heterocycles. The van der Waals surface area contributed by atoms with Gasteiger partial charge in [0.2, 0.25) is 5.95 Å². The number of hydrogen-bond donors (Lipinski definition) is 2. The van der Waals surface area contributed by atoms with Crippen LogP contribution in [-0.2, 0) is 6.18 Å². The lowest BCUT2D eigenvalue weighted by Gasteiger charge is -2.16. The first-order valence-corrected chi connectivity index (χ1v) is 8.11. The molecule has 0 aliphatic rings. The summed E-state index contributed by atoms with van der Waals surface area (Å²) in [5, 5.41) is -0.417. The van der Waals surface area contributed by atoms with Crippen molar-refractivity contribution >= 4 is 28.5 Å². The fourth-order valence-electron chi connectivity index (χ4n) is 2.72. The van der Waals surface area contributed by atoms with E-state index < -0.39 is 22.3 Å². The minimum Gasteiger partial charge on any atom is -0.493 e. The molecule has 7 nitrogen and oxygen atoms in total. The number of nitrogens with zero attached hydrogens (tertiary/aromatic N) is 2. The van der Waals surface area contributed by atoms with Gasteiger partial charge in [-0.3, -0.25) is 10.2 Å². The third-order valence-electron chi connectivity index (χ3n) is 4.02. The van der Waals surface area contributed by atoms with Crippen LogP contribution < -0.4 is 26.3 Å². The van der Waals surface area contributed by atoms with Crippen LogP contribution in [0.3, 0.4) is 0 Å². The molecule has 3 aromatic rings. The second-order valence-electron chi connectivity index (χ2n) is 5.61.